The molecule has 0 aliphatic carbocycles. The third-order valence-corrected chi connectivity index (χ3v) is 4.05. The number of ether oxygens (including phenoxy) is 1. The molecule has 110 valence electrons. The van der Waals surface area contributed by atoms with Crippen LogP contribution in [0.5, 0.6) is 0 Å². The minimum Gasteiger partial charge on any atom is -0.375 e. The normalized spacial score (nSPS) is 21.7. The predicted octanol–water partition coefficient (Wildman–Crippen LogP) is 1.86. The summed E-state index contributed by atoms with van der Waals surface area (Å²) in [5.74, 6) is 0. The summed E-state index contributed by atoms with van der Waals surface area (Å²) in [4.78, 5) is 12.2. The molecule has 6 nitrogen and oxygen atoms in total. The Kier molecular flexibility index (Phi) is 7.19. The summed E-state index contributed by atoms with van der Waals surface area (Å²) in [6, 6.07) is 0.384. The molecular weight excluding hydrogens is 266 g/mol. The van der Waals surface area contributed by atoms with Crippen molar-refractivity contribution in [2.75, 3.05) is 26.5 Å². The van der Waals surface area contributed by atoms with Crippen molar-refractivity contribution < 1.29 is 9.66 Å². The average molecular weight is 289 g/mol. The lowest BCUT2D eigenvalue weighted by molar-refractivity contribution is -0.403. The second-order valence-electron chi connectivity index (χ2n) is 4.68. The standard InChI is InChI=1S/C12H23N3O3S/c1-10(14(2)12-5-4-8-18-12)6-7-13-11(19-3)9-15(16)17/h9-10,12-13H,4-8H2,1-3H3. The third kappa shape index (κ3) is 5.80. The van der Waals surface area contributed by atoms with Gasteiger partial charge >= 0.3 is 0 Å². The predicted molar refractivity (Wildman–Crippen MR) is 77.4 cm³/mol. The molecule has 1 N–H and O–H groups in total. The highest BCUT2D eigenvalue weighted by Gasteiger charge is 2.23. The Labute approximate surface area is 118 Å². The van der Waals surface area contributed by atoms with Crippen LogP contribution in [0.2, 0.25) is 0 Å². The molecule has 1 heterocycles. The van der Waals surface area contributed by atoms with Crippen LogP contribution in [0.1, 0.15) is 26.2 Å². The fourth-order valence-electron chi connectivity index (χ4n) is 2.04. The van der Waals surface area contributed by atoms with Crippen molar-refractivity contribution in [2.24, 2.45) is 0 Å². The van der Waals surface area contributed by atoms with E-state index >= 15 is 0 Å². The molecule has 0 aromatic carbocycles. The van der Waals surface area contributed by atoms with Gasteiger partial charge in [0.2, 0.25) is 0 Å². The van der Waals surface area contributed by atoms with Crippen LogP contribution in [-0.2, 0) is 4.74 Å². The summed E-state index contributed by atoms with van der Waals surface area (Å²) in [6.45, 7) is 3.72. The van der Waals surface area contributed by atoms with E-state index in [0.29, 0.717) is 11.1 Å². The van der Waals surface area contributed by atoms with Crippen LogP contribution in [0.3, 0.4) is 0 Å². The number of rotatable bonds is 8. The maximum atomic E-state index is 10.4. The third-order valence-electron chi connectivity index (χ3n) is 3.36. The summed E-state index contributed by atoms with van der Waals surface area (Å²) in [7, 11) is 2.07. The molecule has 0 aromatic heterocycles. The van der Waals surface area contributed by atoms with Crippen molar-refractivity contribution in [2.45, 2.75) is 38.5 Å². The smallest absolute Gasteiger partial charge is 0.263 e. The number of hydrogen-bond acceptors (Lipinski definition) is 6. The number of nitro groups is 1. The molecule has 1 aliphatic rings. The topological polar surface area (TPSA) is 67.6 Å². The molecule has 7 heteroatoms. The molecule has 0 saturated carbocycles. The van der Waals surface area contributed by atoms with Crippen LogP contribution in [0, 0.1) is 10.1 Å². The van der Waals surface area contributed by atoms with E-state index in [0.717, 1.165) is 38.6 Å². The first-order valence-electron chi connectivity index (χ1n) is 6.51. The van der Waals surface area contributed by atoms with Crippen LogP contribution in [0.4, 0.5) is 0 Å². The SMILES string of the molecule is CSC(=C[N+](=O)[O-])NCCC(C)N(C)C1CCCO1. The lowest BCUT2D eigenvalue weighted by Crippen LogP contribution is -2.39. The number of nitrogens with zero attached hydrogens (tertiary/aromatic N) is 2. The highest BCUT2D eigenvalue weighted by molar-refractivity contribution is 8.02. The van der Waals surface area contributed by atoms with E-state index in [1.54, 1.807) is 0 Å². The quantitative estimate of drug-likeness (QED) is 0.543. The second kappa shape index (κ2) is 8.39. The van der Waals surface area contributed by atoms with Crippen molar-refractivity contribution in [3.05, 3.63) is 21.3 Å². The van der Waals surface area contributed by atoms with E-state index in [9.17, 15) is 10.1 Å². The number of hydrogen-bond donors (Lipinski definition) is 1. The first kappa shape index (κ1) is 16.3. The Bertz CT molecular complexity index is 319. The van der Waals surface area contributed by atoms with Gasteiger partial charge in [-0.25, -0.2) is 0 Å². The molecule has 0 amide bonds. The van der Waals surface area contributed by atoms with Crippen molar-refractivity contribution in [3.63, 3.8) is 0 Å². The van der Waals surface area contributed by atoms with E-state index in [4.69, 9.17) is 4.74 Å². The Morgan fingerprint density at radius 1 is 1.74 bits per heavy atom. The molecule has 0 bridgehead atoms. The van der Waals surface area contributed by atoms with Gasteiger partial charge in [-0.1, -0.05) is 0 Å². The maximum absolute atomic E-state index is 10.4. The second-order valence-corrected chi connectivity index (χ2v) is 5.53. The van der Waals surface area contributed by atoms with Crippen LogP contribution < -0.4 is 5.32 Å². The Morgan fingerprint density at radius 2 is 2.47 bits per heavy atom. The van der Waals surface area contributed by atoms with E-state index in [1.807, 2.05) is 6.26 Å². The fraction of sp³-hybridized carbons (Fsp3) is 0.833. The summed E-state index contributed by atoms with van der Waals surface area (Å²) >= 11 is 1.35. The van der Waals surface area contributed by atoms with Crippen molar-refractivity contribution in [1.82, 2.24) is 10.2 Å². The minimum atomic E-state index is -0.430. The van der Waals surface area contributed by atoms with Gasteiger partial charge in [-0.05, 0) is 39.5 Å². The Balaban J connectivity index is 2.29. The molecule has 1 saturated heterocycles. The van der Waals surface area contributed by atoms with Crippen molar-refractivity contribution >= 4 is 11.8 Å². The van der Waals surface area contributed by atoms with Gasteiger partial charge in [0.1, 0.15) is 11.3 Å². The monoisotopic (exact) mass is 289 g/mol. The zero-order valence-corrected chi connectivity index (χ0v) is 12.6. The first-order chi connectivity index (χ1) is 9.04. The van der Waals surface area contributed by atoms with E-state index < -0.39 is 4.92 Å². The van der Waals surface area contributed by atoms with Gasteiger partial charge in [-0.2, -0.15) is 0 Å². The molecule has 1 rings (SSSR count). The highest BCUT2D eigenvalue weighted by Crippen LogP contribution is 2.18. The van der Waals surface area contributed by atoms with Crippen LogP contribution in [0.25, 0.3) is 0 Å². The summed E-state index contributed by atoms with van der Waals surface area (Å²) in [5.41, 5.74) is 0. The molecule has 0 spiro atoms. The molecule has 1 aliphatic heterocycles. The molecule has 0 radical (unpaired) electrons. The largest absolute Gasteiger partial charge is 0.375 e. The minimum absolute atomic E-state index is 0.226. The zero-order chi connectivity index (χ0) is 14.3. The van der Waals surface area contributed by atoms with Gasteiger partial charge in [0.15, 0.2) is 0 Å². The van der Waals surface area contributed by atoms with Crippen LogP contribution in [0.15, 0.2) is 11.2 Å². The van der Waals surface area contributed by atoms with E-state index in [-0.39, 0.29) is 6.23 Å². The van der Waals surface area contributed by atoms with E-state index in [2.05, 4.69) is 24.2 Å². The summed E-state index contributed by atoms with van der Waals surface area (Å²) < 4.78 is 5.64. The van der Waals surface area contributed by atoms with Crippen molar-refractivity contribution in [1.29, 1.82) is 0 Å². The number of thioether (sulfide) groups is 1. The zero-order valence-electron chi connectivity index (χ0n) is 11.8. The summed E-state index contributed by atoms with van der Waals surface area (Å²) in [5, 5.41) is 14.1. The lowest BCUT2D eigenvalue weighted by atomic mass is 10.2. The molecule has 19 heavy (non-hydrogen) atoms. The molecule has 0 aromatic rings. The van der Waals surface area contributed by atoms with Gasteiger partial charge < -0.3 is 10.1 Å². The highest BCUT2D eigenvalue weighted by atomic mass is 32.2. The van der Waals surface area contributed by atoms with Crippen LogP contribution >= 0.6 is 11.8 Å². The molecule has 2 atom stereocenters. The summed E-state index contributed by atoms with van der Waals surface area (Å²) in [6.07, 6.45) is 6.20. The molecular formula is C12H23N3O3S. The molecule has 2 unspecified atom stereocenters. The Morgan fingerprint density at radius 3 is 3.00 bits per heavy atom. The van der Waals surface area contributed by atoms with Crippen molar-refractivity contribution in [3.8, 4) is 0 Å². The van der Waals surface area contributed by atoms with E-state index in [1.165, 1.54) is 11.8 Å². The fourth-order valence-corrected chi connectivity index (χ4v) is 2.48. The van der Waals surface area contributed by atoms with Gasteiger partial charge in [0, 0.05) is 19.2 Å². The first-order valence-corrected chi connectivity index (χ1v) is 7.73. The average Bonchev–Trinajstić information content (AvgIpc) is 2.89. The van der Waals surface area contributed by atoms with Gasteiger partial charge in [0.05, 0.1) is 4.92 Å². The van der Waals surface area contributed by atoms with Gasteiger partial charge in [-0.15, -0.1) is 11.8 Å². The molecule has 1 fully saturated rings. The van der Waals surface area contributed by atoms with Gasteiger partial charge in [0.25, 0.3) is 6.20 Å². The Hall–Kier alpha value is -0.790. The number of nitrogens with one attached hydrogen (secondary N) is 1. The lowest BCUT2D eigenvalue weighted by Gasteiger charge is -2.29. The van der Waals surface area contributed by atoms with Crippen LogP contribution in [-0.4, -0.2) is 48.5 Å². The van der Waals surface area contributed by atoms with Gasteiger partial charge in [-0.3, -0.25) is 15.0 Å². The maximum Gasteiger partial charge on any atom is 0.263 e.